The SMILES string of the molecule is O=Cc1cc(Oc2ccccc2Br)ccc1[N+](=O)[O-]. The maximum atomic E-state index is 10.8. The van der Waals surface area contributed by atoms with Gasteiger partial charge in [-0.05, 0) is 40.2 Å². The van der Waals surface area contributed by atoms with Gasteiger partial charge in [0.1, 0.15) is 11.5 Å². The Kier molecular flexibility index (Phi) is 3.91. The number of ether oxygens (including phenoxy) is 1. The highest BCUT2D eigenvalue weighted by Gasteiger charge is 2.14. The molecule has 0 aliphatic rings. The van der Waals surface area contributed by atoms with Crippen molar-refractivity contribution in [1.29, 1.82) is 0 Å². The zero-order chi connectivity index (χ0) is 13.8. The number of hydrogen-bond donors (Lipinski definition) is 0. The quantitative estimate of drug-likeness (QED) is 0.485. The Morgan fingerprint density at radius 1 is 1.21 bits per heavy atom. The van der Waals surface area contributed by atoms with Gasteiger partial charge < -0.3 is 4.74 Å². The molecule has 5 nitrogen and oxygen atoms in total. The topological polar surface area (TPSA) is 69.4 Å². The Morgan fingerprint density at radius 3 is 2.58 bits per heavy atom. The van der Waals surface area contributed by atoms with E-state index in [1.807, 2.05) is 6.07 Å². The third-order valence-corrected chi connectivity index (χ3v) is 3.04. The normalized spacial score (nSPS) is 9.95. The number of rotatable bonds is 4. The predicted octanol–water partition coefficient (Wildman–Crippen LogP) is 3.96. The summed E-state index contributed by atoms with van der Waals surface area (Å²) in [4.78, 5) is 20.9. The number of nitro benzene ring substituents is 1. The summed E-state index contributed by atoms with van der Waals surface area (Å²) < 4.78 is 6.31. The molecule has 0 saturated carbocycles. The van der Waals surface area contributed by atoms with Gasteiger partial charge in [0.2, 0.25) is 0 Å². The largest absolute Gasteiger partial charge is 0.456 e. The van der Waals surface area contributed by atoms with Gasteiger partial charge in [0, 0.05) is 6.07 Å². The molecule has 2 aromatic rings. The first-order valence-corrected chi connectivity index (χ1v) is 6.07. The third kappa shape index (κ3) is 2.97. The molecule has 2 rings (SSSR count). The van der Waals surface area contributed by atoms with Crippen molar-refractivity contribution in [3.8, 4) is 11.5 Å². The van der Waals surface area contributed by atoms with Gasteiger partial charge in [-0.2, -0.15) is 0 Å². The highest BCUT2D eigenvalue weighted by atomic mass is 79.9. The van der Waals surface area contributed by atoms with Gasteiger partial charge in [-0.3, -0.25) is 14.9 Å². The van der Waals surface area contributed by atoms with Crippen molar-refractivity contribution in [2.75, 3.05) is 0 Å². The molecule has 19 heavy (non-hydrogen) atoms. The van der Waals surface area contributed by atoms with Crippen molar-refractivity contribution in [2.45, 2.75) is 0 Å². The fourth-order valence-corrected chi connectivity index (χ4v) is 1.88. The van der Waals surface area contributed by atoms with E-state index in [0.717, 1.165) is 4.47 Å². The minimum atomic E-state index is -0.605. The predicted molar refractivity (Wildman–Crippen MR) is 72.7 cm³/mol. The van der Waals surface area contributed by atoms with Crippen molar-refractivity contribution < 1.29 is 14.5 Å². The van der Waals surface area contributed by atoms with Crippen LogP contribution in [0.3, 0.4) is 0 Å². The second-order valence-corrected chi connectivity index (χ2v) is 4.48. The van der Waals surface area contributed by atoms with E-state index in [1.54, 1.807) is 18.2 Å². The first kappa shape index (κ1) is 13.2. The highest BCUT2D eigenvalue weighted by molar-refractivity contribution is 9.10. The molecule has 0 N–H and O–H groups in total. The average Bonchev–Trinajstić information content (AvgIpc) is 2.41. The molecule has 0 unspecified atom stereocenters. The number of nitrogens with zero attached hydrogens (tertiary/aromatic N) is 1. The first-order valence-electron chi connectivity index (χ1n) is 5.28. The van der Waals surface area contributed by atoms with Crippen LogP contribution in [-0.2, 0) is 0 Å². The summed E-state index contributed by atoms with van der Waals surface area (Å²) in [5, 5.41) is 10.7. The lowest BCUT2D eigenvalue weighted by Crippen LogP contribution is -1.95. The molecule has 0 heterocycles. The Morgan fingerprint density at radius 2 is 1.95 bits per heavy atom. The van der Waals surface area contributed by atoms with E-state index in [9.17, 15) is 14.9 Å². The van der Waals surface area contributed by atoms with E-state index in [4.69, 9.17) is 4.74 Å². The fraction of sp³-hybridized carbons (Fsp3) is 0. The highest BCUT2D eigenvalue weighted by Crippen LogP contribution is 2.31. The van der Waals surface area contributed by atoms with Gasteiger partial charge in [-0.15, -0.1) is 0 Å². The lowest BCUT2D eigenvalue weighted by Gasteiger charge is -2.07. The maximum absolute atomic E-state index is 10.8. The van der Waals surface area contributed by atoms with E-state index in [0.29, 0.717) is 17.8 Å². The van der Waals surface area contributed by atoms with Crippen LogP contribution in [0.4, 0.5) is 5.69 Å². The van der Waals surface area contributed by atoms with E-state index in [2.05, 4.69) is 15.9 Å². The second kappa shape index (κ2) is 5.62. The van der Waals surface area contributed by atoms with Crippen LogP contribution in [0.15, 0.2) is 46.9 Å². The number of para-hydroxylation sites is 1. The number of carbonyl (C=O) groups excluding carboxylic acids is 1. The standard InChI is InChI=1S/C13H8BrNO4/c14-11-3-1-2-4-13(11)19-10-5-6-12(15(17)18)9(7-10)8-16/h1-8H. The zero-order valence-corrected chi connectivity index (χ0v) is 11.2. The Hall–Kier alpha value is -2.21. The van der Waals surface area contributed by atoms with Crippen LogP contribution >= 0.6 is 15.9 Å². The van der Waals surface area contributed by atoms with Gasteiger partial charge >= 0.3 is 0 Å². The minimum Gasteiger partial charge on any atom is -0.456 e. The van der Waals surface area contributed by atoms with Crippen LogP contribution in [-0.4, -0.2) is 11.2 Å². The van der Waals surface area contributed by atoms with Crippen LogP contribution < -0.4 is 4.74 Å². The smallest absolute Gasteiger partial charge is 0.280 e. The Balaban J connectivity index is 2.35. The molecule has 0 spiro atoms. The number of nitro groups is 1. The third-order valence-electron chi connectivity index (χ3n) is 2.39. The summed E-state index contributed by atoms with van der Waals surface area (Å²) in [6.07, 6.45) is 0.436. The molecule has 6 heteroatoms. The molecular weight excluding hydrogens is 314 g/mol. The van der Waals surface area contributed by atoms with Gasteiger partial charge in [-0.25, -0.2) is 0 Å². The monoisotopic (exact) mass is 321 g/mol. The van der Waals surface area contributed by atoms with E-state index in [-0.39, 0.29) is 11.3 Å². The Labute approximate surface area is 117 Å². The molecule has 0 saturated heterocycles. The van der Waals surface area contributed by atoms with Crippen molar-refractivity contribution in [1.82, 2.24) is 0 Å². The molecule has 0 aliphatic heterocycles. The number of benzene rings is 2. The number of hydrogen-bond acceptors (Lipinski definition) is 4. The van der Waals surface area contributed by atoms with Crippen LogP contribution in [0.1, 0.15) is 10.4 Å². The number of aldehydes is 1. The summed E-state index contributed by atoms with van der Waals surface area (Å²) in [5.41, 5.74) is -0.260. The van der Waals surface area contributed by atoms with Crippen molar-refractivity contribution in [2.24, 2.45) is 0 Å². The summed E-state index contributed by atoms with van der Waals surface area (Å²) in [5.74, 6) is 0.924. The summed E-state index contributed by atoms with van der Waals surface area (Å²) >= 11 is 3.32. The van der Waals surface area contributed by atoms with Crippen LogP contribution in [0.25, 0.3) is 0 Å². The van der Waals surface area contributed by atoms with E-state index in [1.165, 1.54) is 18.2 Å². The van der Waals surface area contributed by atoms with E-state index >= 15 is 0 Å². The van der Waals surface area contributed by atoms with Gasteiger partial charge in [-0.1, -0.05) is 12.1 Å². The van der Waals surface area contributed by atoms with E-state index < -0.39 is 4.92 Å². The van der Waals surface area contributed by atoms with Crippen molar-refractivity contribution in [3.05, 3.63) is 62.6 Å². The lowest BCUT2D eigenvalue weighted by atomic mass is 10.2. The van der Waals surface area contributed by atoms with Gasteiger partial charge in [0.25, 0.3) is 5.69 Å². The molecule has 96 valence electrons. The van der Waals surface area contributed by atoms with Crippen LogP contribution in [0.2, 0.25) is 0 Å². The molecule has 2 aromatic carbocycles. The van der Waals surface area contributed by atoms with Crippen LogP contribution in [0.5, 0.6) is 11.5 Å². The number of halogens is 1. The molecule has 0 aliphatic carbocycles. The zero-order valence-electron chi connectivity index (χ0n) is 9.58. The summed E-state index contributed by atoms with van der Waals surface area (Å²) in [7, 11) is 0. The van der Waals surface area contributed by atoms with Gasteiger partial charge in [0.15, 0.2) is 6.29 Å². The molecule has 0 amide bonds. The lowest BCUT2D eigenvalue weighted by molar-refractivity contribution is -0.385. The molecule has 0 atom stereocenters. The molecule has 0 radical (unpaired) electrons. The maximum Gasteiger partial charge on any atom is 0.280 e. The first-order chi connectivity index (χ1) is 9.11. The molecule has 0 aromatic heterocycles. The summed E-state index contributed by atoms with van der Waals surface area (Å²) in [6, 6.07) is 11.2. The van der Waals surface area contributed by atoms with Gasteiger partial charge in [0.05, 0.1) is 15.0 Å². The van der Waals surface area contributed by atoms with Crippen molar-refractivity contribution >= 4 is 27.9 Å². The number of carbonyl (C=O) groups is 1. The minimum absolute atomic E-state index is 0.0189. The summed E-state index contributed by atoms with van der Waals surface area (Å²) in [6.45, 7) is 0. The Bertz CT molecular complexity index is 642. The van der Waals surface area contributed by atoms with Crippen molar-refractivity contribution in [3.63, 3.8) is 0 Å². The fourth-order valence-electron chi connectivity index (χ4n) is 1.51. The molecule has 0 bridgehead atoms. The average molecular weight is 322 g/mol. The molecule has 0 fully saturated rings. The molecular formula is C13H8BrNO4. The van der Waals surface area contributed by atoms with Crippen LogP contribution in [0, 0.1) is 10.1 Å². The second-order valence-electron chi connectivity index (χ2n) is 3.63.